The highest BCUT2D eigenvalue weighted by Crippen LogP contribution is 2.28. The van der Waals surface area contributed by atoms with Crippen molar-refractivity contribution in [2.24, 2.45) is 5.84 Å². The third-order valence-electron chi connectivity index (χ3n) is 2.88. The maximum Gasteiger partial charge on any atom is 0.222 e. The van der Waals surface area contributed by atoms with E-state index in [1.165, 1.54) is 0 Å². The van der Waals surface area contributed by atoms with Crippen LogP contribution in [0.4, 0.5) is 11.8 Å². The van der Waals surface area contributed by atoms with E-state index < -0.39 is 0 Å². The molecule has 0 aliphatic carbocycles. The number of carbonyl (C=O) groups is 1. The molecule has 3 aromatic rings. The normalized spacial score (nSPS) is 10.7. The molecule has 0 saturated carbocycles. The molecule has 0 radical (unpaired) electrons. The molecular weight excluding hydrogens is 258 g/mol. The molecule has 5 N–H and O–H groups in total. The van der Waals surface area contributed by atoms with Crippen molar-refractivity contribution in [2.45, 2.75) is 0 Å². The summed E-state index contributed by atoms with van der Waals surface area (Å²) in [6, 6.07) is 8.75. The average molecular weight is 269 g/mol. The van der Waals surface area contributed by atoms with Crippen LogP contribution in [-0.4, -0.2) is 16.3 Å². The molecule has 0 aliphatic heterocycles. The fourth-order valence-corrected chi connectivity index (χ4v) is 1.98. The molecule has 3 rings (SSSR count). The number of nitrogens with zero attached hydrogens (tertiary/aromatic N) is 2. The van der Waals surface area contributed by atoms with Gasteiger partial charge in [0, 0.05) is 10.9 Å². The number of furan rings is 1. The lowest BCUT2D eigenvalue weighted by atomic mass is 10.1. The van der Waals surface area contributed by atoms with Crippen molar-refractivity contribution in [2.75, 3.05) is 11.2 Å². The summed E-state index contributed by atoms with van der Waals surface area (Å²) in [7, 11) is 0. The quantitative estimate of drug-likeness (QED) is 0.375. The van der Waals surface area contributed by atoms with Gasteiger partial charge in [-0.1, -0.05) is 0 Å². The minimum absolute atomic E-state index is 0.138. The van der Waals surface area contributed by atoms with Crippen LogP contribution in [0.5, 0.6) is 0 Å². The number of benzene rings is 1. The van der Waals surface area contributed by atoms with Gasteiger partial charge in [0.05, 0.1) is 5.52 Å². The van der Waals surface area contributed by atoms with Crippen molar-refractivity contribution >= 4 is 29.0 Å². The number of carbonyl (C=O) groups excluding carboxylic acids is 1. The second-order valence-corrected chi connectivity index (χ2v) is 4.13. The predicted molar refractivity (Wildman–Crippen MR) is 74.9 cm³/mol. The average Bonchev–Trinajstić information content (AvgIpc) is 2.94. The first-order valence-corrected chi connectivity index (χ1v) is 5.80. The Hall–Kier alpha value is -2.93. The smallest absolute Gasteiger partial charge is 0.222 e. The van der Waals surface area contributed by atoms with Crippen LogP contribution in [0.2, 0.25) is 0 Å². The first-order chi connectivity index (χ1) is 9.71. The fraction of sp³-hybridized carbons (Fsp3) is 0. The van der Waals surface area contributed by atoms with Crippen molar-refractivity contribution in [3.8, 4) is 11.3 Å². The van der Waals surface area contributed by atoms with Gasteiger partial charge in [0.1, 0.15) is 5.76 Å². The topological polar surface area (TPSA) is 120 Å². The first-order valence-electron chi connectivity index (χ1n) is 5.80. The highest BCUT2D eigenvalue weighted by Gasteiger charge is 2.09. The largest absolute Gasteiger partial charge is 0.453 e. The third-order valence-corrected chi connectivity index (χ3v) is 2.88. The van der Waals surface area contributed by atoms with Crippen molar-refractivity contribution in [3.05, 3.63) is 36.1 Å². The zero-order chi connectivity index (χ0) is 14.1. The maximum atomic E-state index is 10.6. The van der Waals surface area contributed by atoms with Gasteiger partial charge in [-0.15, -0.1) is 0 Å². The van der Waals surface area contributed by atoms with Crippen LogP contribution >= 0.6 is 0 Å². The van der Waals surface area contributed by atoms with E-state index in [2.05, 4.69) is 15.4 Å². The lowest BCUT2D eigenvalue weighted by Gasteiger charge is -2.06. The van der Waals surface area contributed by atoms with Crippen LogP contribution in [0.1, 0.15) is 10.6 Å². The van der Waals surface area contributed by atoms with Gasteiger partial charge in [-0.25, -0.2) is 10.8 Å². The molecule has 0 amide bonds. The molecule has 7 heteroatoms. The molecule has 0 spiro atoms. The highest BCUT2D eigenvalue weighted by molar-refractivity contribution is 5.93. The molecule has 1 aromatic carbocycles. The van der Waals surface area contributed by atoms with Gasteiger partial charge in [-0.3, -0.25) is 4.79 Å². The van der Waals surface area contributed by atoms with E-state index in [-0.39, 0.29) is 11.7 Å². The van der Waals surface area contributed by atoms with Gasteiger partial charge in [-0.2, -0.15) is 4.98 Å². The van der Waals surface area contributed by atoms with Crippen LogP contribution in [0.15, 0.2) is 34.7 Å². The zero-order valence-corrected chi connectivity index (χ0v) is 10.3. The van der Waals surface area contributed by atoms with Gasteiger partial charge in [0.15, 0.2) is 17.9 Å². The lowest BCUT2D eigenvalue weighted by molar-refractivity contribution is 0.110. The van der Waals surface area contributed by atoms with Gasteiger partial charge >= 0.3 is 0 Å². The number of fused-ring (bicyclic) bond motifs is 1. The standard InChI is InChI=1S/C13H11N5O2/c14-13-16-10-3-1-7(5-9(10)12(17-13)18-15)11-4-2-8(6-19)20-11/h1-6H,15H2,(H3,14,16,17,18). The maximum absolute atomic E-state index is 10.6. The Morgan fingerprint density at radius 2 is 2.05 bits per heavy atom. The molecule has 0 unspecified atom stereocenters. The molecule has 0 fully saturated rings. The highest BCUT2D eigenvalue weighted by atomic mass is 16.3. The van der Waals surface area contributed by atoms with Crippen LogP contribution < -0.4 is 17.0 Å². The minimum atomic E-state index is 0.138. The summed E-state index contributed by atoms with van der Waals surface area (Å²) in [4.78, 5) is 18.8. The fourth-order valence-electron chi connectivity index (χ4n) is 1.98. The van der Waals surface area contributed by atoms with Crippen molar-refractivity contribution in [3.63, 3.8) is 0 Å². The van der Waals surface area contributed by atoms with Gasteiger partial charge in [0.25, 0.3) is 0 Å². The summed E-state index contributed by atoms with van der Waals surface area (Å²) in [5, 5.41) is 0.711. The summed E-state index contributed by atoms with van der Waals surface area (Å²) in [5.41, 5.74) is 9.53. The number of nitrogens with one attached hydrogen (secondary N) is 1. The summed E-state index contributed by atoms with van der Waals surface area (Å²) >= 11 is 0. The Kier molecular flexibility index (Phi) is 2.81. The lowest BCUT2D eigenvalue weighted by Crippen LogP contribution is -2.11. The number of hydrogen-bond donors (Lipinski definition) is 3. The molecule has 2 heterocycles. The molecular formula is C13H11N5O2. The molecule has 20 heavy (non-hydrogen) atoms. The molecule has 0 bridgehead atoms. The van der Waals surface area contributed by atoms with E-state index in [1.807, 2.05) is 12.1 Å². The molecule has 0 aliphatic rings. The Morgan fingerprint density at radius 3 is 2.75 bits per heavy atom. The summed E-state index contributed by atoms with van der Waals surface area (Å²) in [6.45, 7) is 0. The third kappa shape index (κ3) is 1.95. The van der Waals surface area contributed by atoms with E-state index in [4.69, 9.17) is 16.0 Å². The number of nitrogen functional groups attached to an aromatic ring is 2. The first kappa shape index (κ1) is 12.1. The summed E-state index contributed by atoms with van der Waals surface area (Å²) in [5.74, 6) is 6.85. The summed E-state index contributed by atoms with van der Waals surface area (Å²) < 4.78 is 5.38. The molecule has 0 atom stereocenters. The Labute approximate surface area is 113 Å². The van der Waals surface area contributed by atoms with Crippen LogP contribution in [0, 0.1) is 0 Å². The Morgan fingerprint density at radius 1 is 1.20 bits per heavy atom. The van der Waals surface area contributed by atoms with E-state index in [1.54, 1.807) is 18.2 Å². The van der Waals surface area contributed by atoms with Gasteiger partial charge in [-0.05, 0) is 30.3 Å². The second kappa shape index (κ2) is 4.63. The van der Waals surface area contributed by atoms with Crippen molar-refractivity contribution < 1.29 is 9.21 Å². The van der Waals surface area contributed by atoms with Gasteiger partial charge in [0.2, 0.25) is 5.95 Å². The van der Waals surface area contributed by atoms with Crippen LogP contribution in [-0.2, 0) is 0 Å². The van der Waals surface area contributed by atoms with Crippen LogP contribution in [0.3, 0.4) is 0 Å². The number of hydrogen-bond acceptors (Lipinski definition) is 7. The van der Waals surface area contributed by atoms with E-state index >= 15 is 0 Å². The molecule has 0 saturated heterocycles. The van der Waals surface area contributed by atoms with Crippen molar-refractivity contribution in [1.82, 2.24) is 9.97 Å². The van der Waals surface area contributed by atoms with E-state index in [0.717, 1.165) is 5.56 Å². The zero-order valence-electron chi connectivity index (χ0n) is 10.3. The molecule has 100 valence electrons. The number of aromatic nitrogens is 2. The Bertz CT molecular complexity index is 797. The number of hydrazine groups is 1. The van der Waals surface area contributed by atoms with E-state index in [9.17, 15) is 4.79 Å². The minimum Gasteiger partial charge on any atom is -0.453 e. The van der Waals surface area contributed by atoms with Crippen molar-refractivity contribution in [1.29, 1.82) is 0 Å². The Balaban J connectivity index is 2.18. The second-order valence-electron chi connectivity index (χ2n) is 4.13. The monoisotopic (exact) mass is 269 g/mol. The molecule has 7 nitrogen and oxygen atoms in total. The van der Waals surface area contributed by atoms with E-state index in [0.29, 0.717) is 28.8 Å². The molecule has 2 aromatic heterocycles. The van der Waals surface area contributed by atoms with Crippen LogP contribution in [0.25, 0.3) is 22.2 Å². The SMILES string of the molecule is NNc1nc(N)nc2ccc(-c3ccc(C=O)o3)cc12. The summed E-state index contributed by atoms with van der Waals surface area (Å²) in [6.07, 6.45) is 0.654. The number of rotatable bonds is 3. The number of aldehydes is 1. The number of nitrogens with two attached hydrogens (primary N) is 2. The van der Waals surface area contributed by atoms with Gasteiger partial charge < -0.3 is 15.6 Å². The predicted octanol–water partition coefficient (Wildman–Crippen LogP) is 1.57. The number of anilines is 2.